The number of carbonyl (C=O) groups excluding carboxylic acids is 1. The molecule has 3 rings (SSSR count). The van der Waals surface area contributed by atoms with E-state index in [1.165, 1.54) is 18.3 Å². The van der Waals surface area contributed by atoms with Crippen molar-refractivity contribution in [3.05, 3.63) is 36.0 Å². The minimum Gasteiger partial charge on any atom is -0.393 e. The molecule has 0 aliphatic heterocycles. The molecule has 0 bridgehead atoms. The van der Waals surface area contributed by atoms with Gasteiger partial charge in [0.05, 0.1) is 29.0 Å². The van der Waals surface area contributed by atoms with Gasteiger partial charge >= 0.3 is 0 Å². The normalized spacial score (nSPS) is 22.4. The Morgan fingerprint density at radius 3 is 2.61 bits per heavy atom. The first-order chi connectivity index (χ1) is 13.2. The Morgan fingerprint density at radius 1 is 1.36 bits per heavy atom. The van der Waals surface area contributed by atoms with Gasteiger partial charge in [-0.15, -0.1) is 0 Å². The second-order valence-electron chi connectivity index (χ2n) is 6.93. The van der Waals surface area contributed by atoms with Crippen molar-refractivity contribution in [1.29, 1.82) is 5.26 Å². The number of aliphatic hydroxyl groups is 1. The summed E-state index contributed by atoms with van der Waals surface area (Å²) in [5.41, 5.74) is 6.16. The number of hydrogen-bond donors (Lipinski definition) is 3. The number of carbonyl (C=O) groups is 1. The molecule has 3 atom stereocenters. The Morgan fingerprint density at radius 2 is 2.04 bits per heavy atom. The van der Waals surface area contributed by atoms with Crippen LogP contribution in [0.15, 0.2) is 35.4 Å². The summed E-state index contributed by atoms with van der Waals surface area (Å²) in [6, 6.07) is 7.96. The van der Waals surface area contributed by atoms with Crippen LogP contribution >= 0.6 is 0 Å². The molecule has 1 fully saturated rings. The summed E-state index contributed by atoms with van der Waals surface area (Å²) in [7, 11) is -3.31. The van der Waals surface area contributed by atoms with E-state index in [0.717, 1.165) is 6.26 Å². The van der Waals surface area contributed by atoms with Crippen LogP contribution in [0.1, 0.15) is 35.7 Å². The monoisotopic (exact) mass is 403 g/mol. The third-order valence-electron chi connectivity index (χ3n) is 4.83. The maximum atomic E-state index is 11.8. The summed E-state index contributed by atoms with van der Waals surface area (Å²) >= 11 is 0. The van der Waals surface area contributed by atoms with Gasteiger partial charge in [0, 0.05) is 18.1 Å². The van der Waals surface area contributed by atoms with Crippen LogP contribution in [0.4, 0.5) is 11.5 Å². The summed E-state index contributed by atoms with van der Waals surface area (Å²) in [4.78, 5) is 12.0. The molecule has 4 N–H and O–H groups in total. The first kappa shape index (κ1) is 19.9. The average Bonchev–Trinajstić information content (AvgIpc) is 3.05. The molecule has 0 saturated heterocycles. The molecule has 10 heteroatoms. The van der Waals surface area contributed by atoms with Gasteiger partial charge in [-0.3, -0.25) is 9.48 Å². The van der Waals surface area contributed by atoms with Gasteiger partial charge in [-0.05, 0) is 43.5 Å². The van der Waals surface area contributed by atoms with Gasteiger partial charge in [-0.1, -0.05) is 0 Å². The fourth-order valence-corrected chi connectivity index (χ4v) is 3.97. The van der Waals surface area contributed by atoms with Crippen molar-refractivity contribution >= 4 is 27.2 Å². The molecular formula is C18H21N5O4S. The van der Waals surface area contributed by atoms with E-state index >= 15 is 0 Å². The van der Waals surface area contributed by atoms with E-state index in [1.807, 2.05) is 0 Å². The van der Waals surface area contributed by atoms with Crippen molar-refractivity contribution < 1.29 is 18.3 Å². The number of aliphatic hydroxyl groups excluding tert-OH is 1. The molecule has 3 unspecified atom stereocenters. The van der Waals surface area contributed by atoms with Gasteiger partial charge in [0.2, 0.25) is 0 Å². The van der Waals surface area contributed by atoms with Crippen molar-refractivity contribution in [1.82, 2.24) is 9.78 Å². The number of nitrogens with one attached hydrogen (secondary N) is 1. The van der Waals surface area contributed by atoms with Gasteiger partial charge in [-0.25, -0.2) is 8.42 Å². The summed E-state index contributed by atoms with van der Waals surface area (Å²) in [6.07, 6.45) is 3.56. The number of aromatic nitrogens is 2. The maximum Gasteiger partial charge on any atom is 0.254 e. The standard InChI is InChI=1S/C18H21N5O4S/c1-28(26,27)14-5-2-12(3-6-14)21-18-15(17(20)25)10-23(22-18)16-7-4-13(24)8-11(16)9-19/h2-3,5-6,10-11,13,16,24H,4,7-8H2,1H3,(H2,20,25)(H,21,22). The third kappa shape index (κ3) is 4.16. The molecule has 1 aromatic carbocycles. The number of nitrogens with zero attached hydrogens (tertiary/aromatic N) is 3. The van der Waals surface area contributed by atoms with Gasteiger partial charge in [0.15, 0.2) is 15.7 Å². The minimum absolute atomic E-state index is 0.162. The maximum absolute atomic E-state index is 11.8. The van der Waals surface area contributed by atoms with Gasteiger partial charge in [0.25, 0.3) is 5.91 Å². The quantitative estimate of drug-likeness (QED) is 0.681. The van der Waals surface area contributed by atoms with Crippen molar-refractivity contribution in [2.24, 2.45) is 11.7 Å². The van der Waals surface area contributed by atoms with Crippen molar-refractivity contribution in [3.63, 3.8) is 0 Å². The summed E-state index contributed by atoms with van der Waals surface area (Å²) in [6.45, 7) is 0. The van der Waals surface area contributed by atoms with Crippen LogP contribution in [-0.2, 0) is 9.84 Å². The first-order valence-corrected chi connectivity index (χ1v) is 10.6. The Labute approximate surface area is 162 Å². The fourth-order valence-electron chi connectivity index (χ4n) is 3.34. The molecule has 1 saturated carbocycles. The molecule has 1 heterocycles. The van der Waals surface area contributed by atoms with Crippen LogP contribution in [-0.4, -0.2) is 41.6 Å². The Hall–Kier alpha value is -2.90. The first-order valence-electron chi connectivity index (χ1n) is 8.73. The van der Waals surface area contributed by atoms with E-state index < -0.39 is 27.8 Å². The second kappa shape index (κ2) is 7.61. The van der Waals surface area contributed by atoms with Crippen LogP contribution in [0, 0.1) is 17.2 Å². The molecule has 9 nitrogen and oxygen atoms in total. The second-order valence-corrected chi connectivity index (χ2v) is 8.94. The van der Waals surface area contributed by atoms with Crippen molar-refractivity contribution in [3.8, 4) is 6.07 Å². The van der Waals surface area contributed by atoms with E-state index in [1.54, 1.807) is 16.8 Å². The van der Waals surface area contributed by atoms with E-state index in [9.17, 15) is 23.6 Å². The Balaban J connectivity index is 1.89. The molecule has 148 valence electrons. The van der Waals surface area contributed by atoms with Crippen LogP contribution < -0.4 is 11.1 Å². The smallest absolute Gasteiger partial charge is 0.254 e. The van der Waals surface area contributed by atoms with E-state index in [2.05, 4.69) is 16.5 Å². The molecular weight excluding hydrogens is 382 g/mol. The number of nitrogens with two attached hydrogens (primary N) is 1. The zero-order valence-electron chi connectivity index (χ0n) is 15.2. The highest BCUT2D eigenvalue weighted by Gasteiger charge is 2.32. The lowest BCUT2D eigenvalue weighted by molar-refractivity contribution is 0.0861. The SMILES string of the molecule is CS(=O)(=O)c1ccc(Nc2nn(C3CCC(O)CC3C#N)cc2C(N)=O)cc1. The lowest BCUT2D eigenvalue weighted by atomic mass is 9.84. The molecule has 1 aliphatic rings. The number of rotatable bonds is 5. The zero-order valence-corrected chi connectivity index (χ0v) is 16.1. The Bertz CT molecular complexity index is 1020. The molecule has 0 radical (unpaired) electrons. The largest absolute Gasteiger partial charge is 0.393 e. The lowest BCUT2D eigenvalue weighted by Gasteiger charge is -2.30. The number of anilines is 2. The number of sulfone groups is 1. The van der Waals surface area contributed by atoms with Crippen LogP contribution in [0.3, 0.4) is 0 Å². The zero-order chi connectivity index (χ0) is 20.5. The van der Waals surface area contributed by atoms with Crippen LogP contribution in [0.2, 0.25) is 0 Å². The minimum atomic E-state index is -3.31. The number of benzene rings is 1. The fraction of sp³-hybridized carbons (Fsp3) is 0.389. The topological polar surface area (TPSA) is 151 Å². The van der Waals surface area contributed by atoms with Gasteiger partial charge in [0.1, 0.15) is 5.56 Å². The number of primary amides is 1. The average molecular weight is 403 g/mol. The highest BCUT2D eigenvalue weighted by Crippen LogP contribution is 2.34. The summed E-state index contributed by atoms with van der Waals surface area (Å²) in [5.74, 6) is -0.875. The third-order valence-corrected chi connectivity index (χ3v) is 5.96. The molecule has 2 aromatic rings. The van der Waals surface area contributed by atoms with E-state index in [4.69, 9.17) is 5.73 Å². The highest BCUT2D eigenvalue weighted by molar-refractivity contribution is 7.90. The molecule has 1 amide bonds. The number of amides is 1. The van der Waals surface area contributed by atoms with Crippen LogP contribution in [0.5, 0.6) is 0 Å². The number of hydrogen-bond acceptors (Lipinski definition) is 7. The Kier molecular flexibility index (Phi) is 5.40. The van der Waals surface area contributed by atoms with Gasteiger partial charge < -0.3 is 16.2 Å². The van der Waals surface area contributed by atoms with Gasteiger partial charge in [-0.2, -0.15) is 10.4 Å². The predicted octanol–water partition coefficient (Wildman–Crippen LogP) is 1.35. The van der Waals surface area contributed by atoms with E-state index in [0.29, 0.717) is 24.9 Å². The molecule has 1 aromatic heterocycles. The van der Waals surface area contributed by atoms with Crippen molar-refractivity contribution in [2.45, 2.75) is 36.3 Å². The molecule has 28 heavy (non-hydrogen) atoms. The predicted molar refractivity (Wildman–Crippen MR) is 102 cm³/mol. The van der Waals surface area contributed by atoms with E-state index in [-0.39, 0.29) is 22.3 Å². The molecule has 1 aliphatic carbocycles. The van der Waals surface area contributed by atoms with Crippen LogP contribution in [0.25, 0.3) is 0 Å². The summed E-state index contributed by atoms with van der Waals surface area (Å²) < 4.78 is 24.7. The highest BCUT2D eigenvalue weighted by atomic mass is 32.2. The molecule has 0 spiro atoms. The summed E-state index contributed by atoms with van der Waals surface area (Å²) in [5, 5.41) is 26.6. The number of nitriles is 1. The lowest BCUT2D eigenvalue weighted by Crippen LogP contribution is -2.29. The van der Waals surface area contributed by atoms with Crippen molar-refractivity contribution in [2.75, 3.05) is 11.6 Å².